The van der Waals surface area contributed by atoms with E-state index in [0.29, 0.717) is 64.6 Å². The van der Waals surface area contributed by atoms with Gasteiger partial charge in [-0.1, -0.05) is 56.3 Å². The van der Waals surface area contributed by atoms with Crippen LogP contribution in [0.5, 0.6) is 0 Å². The number of hydrogen-bond donors (Lipinski definition) is 4. The predicted octanol–water partition coefficient (Wildman–Crippen LogP) is 6.60. The summed E-state index contributed by atoms with van der Waals surface area (Å²) in [6.45, 7) is 22.5. The van der Waals surface area contributed by atoms with Crippen molar-refractivity contribution >= 4 is 29.9 Å². The summed E-state index contributed by atoms with van der Waals surface area (Å²) < 4.78 is 11.3. The van der Waals surface area contributed by atoms with Gasteiger partial charge in [-0.05, 0) is 112 Å². The van der Waals surface area contributed by atoms with Gasteiger partial charge in [0, 0.05) is 50.1 Å². The number of amides is 5. The van der Waals surface area contributed by atoms with Crippen LogP contribution in [0.4, 0.5) is 9.59 Å². The van der Waals surface area contributed by atoms with E-state index in [4.69, 9.17) is 9.47 Å². The van der Waals surface area contributed by atoms with Gasteiger partial charge in [0.1, 0.15) is 23.8 Å². The van der Waals surface area contributed by atoms with Crippen molar-refractivity contribution in [3.63, 3.8) is 0 Å². The van der Waals surface area contributed by atoms with Crippen molar-refractivity contribution in [2.24, 2.45) is 11.8 Å². The van der Waals surface area contributed by atoms with E-state index in [9.17, 15) is 29.2 Å². The zero-order chi connectivity index (χ0) is 44.1. The summed E-state index contributed by atoms with van der Waals surface area (Å²) in [4.78, 5) is 71.2. The second kappa shape index (κ2) is 21.9. The maximum absolute atomic E-state index is 14.5. The topological polar surface area (TPSA) is 170 Å². The molecule has 2 heterocycles. The molecule has 14 heteroatoms. The van der Waals surface area contributed by atoms with Gasteiger partial charge in [-0.15, -0.1) is 0 Å². The molecule has 4 atom stereocenters. The number of hydrogen-bond acceptors (Lipinski definition) is 9. The molecule has 0 aromatic heterocycles. The third-order valence-electron chi connectivity index (χ3n) is 11.0. The van der Waals surface area contributed by atoms with Gasteiger partial charge in [0.05, 0.1) is 12.0 Å². The molecule has 14 nitrogen and oxygen atoms in total. The zero-order valence-electron chi connectivity index (χ0n) is 37.6. The highest BCUT2D eigenvalue weighted by Crippen LogP contribution is 2.38. The van der Waals surface area contributed by atoms with Crippen LogP contribution in [0.1, 0.15) is 127 Å². The monoisotopic (exact) mass is 827 g/mol. The number of carbonyl (C=O) groups excluding carboxylic acids is 5. The Bertz CT molecular complexity index is 1550. The number of likely N-dealkylation sites (N-methyl/N-ethyl adjacent to an activating group) is 1. The number of nitrogens with one attached hydrogen (secondary N) is 3. The molecule has 1 aromatic carbocycles. The molecule has 2 saturated heterocycles. The molecule has 59 heavy (non-hydrogen) atoms. The van der Waals surface area contributed by atoms with Crippen molar-refractivity contribution in [3.8, 4) is 0 Å². The molecule has 2 aliphatic rings. The van der Waals surface area contributed by atoms with Crippen LogP contribution in [0, 0.1) is 11.8 Å². The Kier molecular flexibility index (Phi) is 18.3. The highest BCUT2D eigenvalue weighted by Gasteiger charge is 2.46. The van der Waals surface area contributed by atoms with Crippen LogP contribution >= 0.6 is 0 Å². The van der Waals surface area contributed by atoms with E-state index in [1.807, 2.05) is 84.0 Å². The Balaban J connectivity index is 1.74. The Labute approximate surface area is 353 Å². The maximum atomic E-state index is 14.5. The maximum Gasteiger partial charge on any atom is 0.408 e. The Morgan fingerprint density at radius 1 is 0.949 bits per heavy atom. The summed E-state index contributed by atoms with van der Waals surface area (Å²) in [5.74, 6) is -1.17. The third-order valence-corrected chi connectivity index (χ3v) is 11.0. The molecular weight excluding hydrogens is 753 g/mol. The highest BCUT2D eigenvalue weighted by atomic mass is 16.6. The summed E-state index contributed by atoms with van der Waals surface area (Å²) in [6, 6.07) is 7.69. The largest absolute Gasteiger partial charge is 0.446 e. The number of hydroxylamine groups is 2. The van der Waals surface area contributed by atoms with Gasteiger partial charge in [-0.2, -0.15) is 5.06 Å². The molecule has 0 aliphatic carbocycles. The van der Waals surface area contributed by atoms with Crippen molar-refractivity contribution in [3.05, 3.63) is 48.0 Å². The lowest BCUT2D eigenvalue weighted by molar-refractivity contribution is -0.256. The first kappa shape index (κ1) is 49.2. The molecule has 0 saturated carbocycles. The van der Waals surface area contributed by atoms with Crippen molar-refractivity contribution in [2.75, 3.05) is 26.2 Å². The lowest BCUT2D eigenvalue weighted by Crippen LogP contribution is -2.61. The Morgan fingerprint density at radius 3 is 2.15 bits per heavy atom. The SMILES string of the molecule is CCN(CC)C(=O)[C@H](CCCNC(=O)OC1CC(C)(C)N(O)C(C)(C)C1)NC(=O)[C@@H]1CCCN1C(=O)[C@H](/C=C/[C@H](CC(C)C)NC(=O)OC(C)(C)C)Cc1ccccc1. The van der Waals surface area contributed by atoms with Crippen LogP contribution in [0.2, 0.25) is 0 Å². The normalized spacial score (nSPS) is 19.8. The third kappa shape index (κ3) is 15.4. The number of benzene rings is 1. The molecule has 0 spiro atoms. The summed E-state index contributed by atoms with van der Waals surface area (Å²) in [6.07, 6.45) is 5.95. The van der Waals surface area contributed by atoms with Crippen LogP contribution in [-0.2, 0) is 30.3 Å². The Morgan fingerprint density at radius 2 is 1.58 bits per heavy atom. The molecule has 3 rings (SSSR count). The molecule has 4 N–H and O–H groups in total. The molecule has 0 radical (unpaired) electrons. The highest BCUT2D eigenvalue weighted by molar-refractivity contribution is 5.93. The second-order valence-corrected chi connectivity index (χ2v) is 18.8. The van der Waals surface area contributed by atoms with Gasteiger partial charge in [-0.25, -0.2) is 9.59 Å². The zero-order valence-corrected chi connectivity index (χ0v) is 37.6. The van der Waals surface area contributed by atoms with Crippen LogP contribution in [-0.4, -0.2) is 117 Å². The number of ether oxygens (including phenoxy) is 2. The molecule has 5 amide bonds. The van der Waals surface area contributed by atoms with E-state index in [1.165, 1.54) is 5.06 Å². The average Bonchev–Trinajstić information content (AvgIpc) is 3.63. The van der Waals surface area contributed by atoms with E-state index >= 15 is 0 Å². The summed E-state index contributed by atoms with van der Waals surface area (Å²) >= 11 is 0. The standard InChI is InChI=1S/C45H74N6O8/c1-12-49(13-2)40(54)36(21-17-25-46-41(55)58-35-29-44(8,9)51(57)45(10,11)30-35)48-38(52)37-22-18-26-50(37)39(53)33(28-32-19-15-14-16-20-32)23-24-34(27-31(3)4)47-42(56)59-43(5,6)7/h14-16,19-20,23-24,31,33-37,57H,12-13,17-18,21-22,25-30H2,1-11H3,(H,46,55)(H,47,56)(H,48,52)/b24-23+/t33-,34-,36+,37+/m1/s1. The molecule has 0 bridgehead atoms. The van der Waals surface area contributed by atoms with Gasteiger partial charge in [-0.3, -0.25) is 14.4 Å². The van der Waals surface area contributed by atoms with Crippen LogP contribution in [0.15, 0.2) is 42.5 Å². The van der Waals surface area contributed by atoms with E-state index < -0.39 is 46.9 Å². The van der Waals surface area contributed by atoms with Gasteiger partial charge >= 0.3 is 12.2 Å². The van der Waals surface area contributed by atoms with Gasteiger partial charge in [0.25, 0.3) is 0 Å². The number of rotatable bonds is 18. The van der Waals surface area contributed by atoms with E-state index in [-0.39, 0.29) is 48.8 Å². The van der Waals surface area contributed by atoms with Gasteiger partial charge in [0.15, 0.2) is 0 Å². The lowest BCUT2D eigenvalue weighted by Gasteiger charge is -2.50. The van der Waals surface area contributed by atoms with Crippen LogP contribution < -0.4 is 16.0 Å². The van der Waals surface area contributed by atoms with E-state index in [1.54, 1.807) is 30.6 Å². The molecule has 0 unspecified atom stereocenters. The van der Waals surface area contributed by atoms with Crippen molar-refractivity contribution < 1.29 is 38.7 Å². The first-order chi connectivity index (χ1) is 27.6. The summed E-state index contributed by atoms with van der Waals surface area (Å²) in [7, 11) is 0. The fourth-order valence-electron chi connectivity index (χ4n) is 8.28. The number of nitrogens with zero attached hydrogens (tertiary/aromatic N) is 3. The molecule has 2 aliphatic heterocycles. The fraction of sp³-hybridized carbons (Fsp3) is 0.711. The number of carbonyl (C=O) groups is 5. The number of alkyl carbamates (subject to hydrolysis) is 2. The fourth-order valence-corrected chi connectivity index (χ4v) is 8.28. The minimum atomic E-state index is -0.857. The summed E-state index contributed by atoms with van der Waals surface area (Å²) in [5, 5.41) is 20.7. The molecule has 1 aromatic rings. The predicted molar refractivity (Wildman–Crippen MR) is 229 cm³/mol. The minimum absolute atomic E-state index is 0.200. The first-order valence-electron chi connectivity index (χ1n) is 21.6. The number of likely N-dealkylation sites (tertiary alicyclic amines) is 1. The minimum Gasteiger partial charge on any atom is -0.446 e. The second-order valence-electron chi connectivity index (χ2n) is 18.8. The quantitative estimate of drug-likeness (QED) is 0.0941. The van der Waals surface area contributed by atoms with Gasteiger partial charge in [0.2, 0.25) is 17.7 Å². The van der Waals surface area contributed by atoms with Crippen molar-refractivity contribution in [1.82, 2.24) is 30.8 Å². The molecule has 2 fully saturated rings. The van der Waals surface area contributed by atoms with Crippen molar-refractivity contribution in [1.29, 1.82) is 0 Å². The number of piperidine rings is 1. The van der Waals surface area contributed by atoms with Crippen LogP contribution in [0.25, 0.3) is 0 Å². The molecular formula is C45H74N6O8. The van der Waals surface area contributed by atoms with E-state index in [2.05, 4.69) is 29.8 Å². The average molecular weight is 827 g/mol. The smallest absolute Gasteiger partial charge is 0.408 e. The Hall–Kier alpha value is -4.17. The van der Waals surface area contributed by atoms with Crippen LogP contribution in [0.3, 0.4) is 0 Å². The first-order valence-corrected chi connectivity index (χ1v) is 21.6. The van der Waals surface area contributed by atoms with E-state index in [0.717, 1.165) is 5.56 Å². The van der Waals surface area contributed by atoms with Crippen molar-refractivity contribution in [2.45, 2.75) is 168 Å². The summed E-state index contributed by atoms with van der Waals surface area (Å²) in [5.41, 5.74) is -0.845. The van der Waals surface area contributed by atoms with Gasteiger partial charge < -0.3 is 40.4 Å². The lowest BCUT2D eigenvalue weighted by atomic mass is 9.80. The molecule has 332 valence electrons.